The number of furan rings is 1. The number of para-hydroxylation sites is 2. The van der Waals surface area contributed by atoms with Crippen LogP contribution in [0.4, 0.5) is 11.4 Å². The van der Waals surface area contributed by atoms with E-state index in [9.17, 15) is 0 Å². The minimum atomic E-state index is -0.638. The van der Waals surface area contributed by atoms with Crippen LogP contribution < -0.4 is 9.64 Å². The summed E-state index contributed by atoms with van der Waals surface area (Å²) in [6.07, 6.45) is 5.72. The van der Waals surface area contributed by atoms with Gasteiger partial charge in [-0.2, -0.15) is 0 Å². The zero-order chi connectivity index (χ0) is 45.6. The van der Waals surface area contributed by atoms with Gasteiger partial charge in [-0.05, 0) is 97.6 Å². The van der Waals surface area contributed by atoms with E-state index in [1.165, 1.54) is 72.1 Å². The van der Waals surface area contributed by atoms with Crippen molar-refractivity contribution in [1.29, 1.82) is 0 Å². The average molecular weight is 884 g/mol. The van der Waals surface area contributed by atoms with E-state index in [1.807, 2.05) is 6.07 Å². The van der Waals surface area contributed by atoms with Crippen LogP contribution in [0.1, 0.15) is 53.6 Å². The molecule has 0 saturated carbocycles. The van der Waals surface area contributed by atoms with Crippen LogP contribution >= 0.6 is 0 Å². The van der Waals surface area contributed by atoms with Crippen molar-refractivity contribution in [2.24, 2.45) is 0 Å². The normalized spacial score (nSPS) is 16.6. The number of nitrogens with zero attached hydrogens (tertiary/aromatic N) is 1. The molecule has 1 unspecified atom stereocenters. The van der Waals surface area contributed by atoms with Crippen molar-refractivity contribution < 1.29 is 9.15 Å². The molecule has 3 heteroatoms. The third kappa shape index (κ3) is 5.17. The molecule has 3 aliphatic carbocycles. The summed E-state index contributed by atoms with van der Waals surface area (Å²) in [5, 5.41) is 6.85. The quantitative estimate of drug-likeness (QED) is 0.176. The highest BCUT2D eigenvalue weighted by Crippen LogP contribution is 2.65. The highest BCUT2D eigenvalue weighted by molar-refractivity contribution is 6.10. The van der Waals surface area contributed by atoms with Crippen molar-refractivity contribution in [3.63, 3.8) is 0 Å². The topological polar surface area (TPSA) is 25.6 Å². The molecule has 0 radical (unpaired) electrons. The van der Waals surface area contributed by atoms with Gasteiger partial charge >= 0.3 is 0 Å². The molecule has 3 nitrogen and oxygen atoms in total. The Kier molecular flexibility index (Phi) is 7.89. The van der Waals surface area contributed by atoms with Gasteiger partial charge < -0.3 is 14.1 Å². The maximum atomic E-state index is 7.31. The van der Waals surface area contributed by atoms with E-state index in [-0.39, 0.29) is 11.5 Å². The van der Waals surface area contributed by atoms with Gasteiger partial charge in [0.05, 0.1) is 11.5 Å². The second-order valence-corrected chi connectivity index (χ2v) is 19.8. The van der Waals surface area contributed by atoms with E-state index < -0.39 is 5.41 Å². The van der Waals surface area contributed by atoms with Crippen LogP contribution in [0.5, 0.6) is 11.5 Å². The molecular formula is C66H45NO2. The highest BCUT2D eigenvalue weighted by atomic mass is 16.5. The van der Waals surface area contributed by atoms with Crippen LogP contribution in [0.15, 0.2) is 228 Å². The van der Waals surface area contributed by atoms with Crippen LogP contribution in [0.25, 0.3) is 71.3 Å². The Hall–Kier alpha value is -8.40. The Morgan fingerprint density at radius 2 is 1.06 bits per heavy atom. The minimum absolute atomic E-state index is 0.0456. The smallest absolute Gasteiger partial charge is 0.143 e. The molecule has 1 aromatic heterocycles. The summed E-state index contributed by atoms with van der Waals surface area (Å²) >= 11 is 0. The van der Waals surface area contributed by atoms with Crippen LogP contribution in [0.3, 0.4) is 0 Å². The van der Waals surface area contributed by atoms with Gasteiger partial charge in [0.2, 0.25) is 0 Å². The maximum absolute atomic E-state index is 7.31. The van der Waals surface area contributed by atoms with Gasteiger partial charge in [0.25, 0.3) is 0 Å². The molecule has 1 atom stereocenters. The summed E-state index contributed by atoms with van der Waals surface area (Å²) in [4.78, 5) is 2.64. The van der Waals surface area contributed by atoms with Crippen LogP contribution in [-0.2, 0) is 10.8 Å². The lowest BCUT2D eigenvalue weighted by molar-refractivity contribution is 0.446. The minimum Gasteiger partial charge on any atom is -0.455 e. The molecule has 4 aliphatic rings. The first-order valence-corrected chi connectivity index (χ1v) is 24.3. The van der Waals surface area contributed by atoms with Gasteiger partial charge in [0, 0.05) is 55.0 Å². The summed E-state index contributed by atoms with van der Waals surface area (Å²) < 4.78 is 13.9. The SMILES string of the molecule is CC1(C)c2ccccc2-c2ccc(N(c3ccc(-c4cccc5c4oc4ccccc45)cc3)C3CC=CC4=C3c3ccccc3C43c4ccc5ccccc5c4Oc4c3ccc3ccccc43)cc21. The first kappa shape index (κ1) is 38.7. The number of rotatable bonds is 4. The van der Waals surface area contributed by atoms with E-state index in [4.69, 9.17) is 9.15 Å². The van der Waals surface area contributed by atoms with Gasteiger partial charge in [0.1, 0.15) is 22.7 Å². The van der Waals surface area contributed by atoms with Crippen LogP contribution in [0, 0.1) is 0 Å². The summed E-state index contributed by atoms with van der Waals surface area (Å²) in [6, 6.07) is 76.1. The number of allylic oxidation sites excluding steroid dienone is 2. The number of benzene rings is 10. The van der Waals surface area contributed by atoms with E-state index >= 15 is 0 Å². The number of fused-ring (bicyclic) bond motifs is 18. The third-order valence-corrected chi connectivity index (χ3v) is 16.1. The summed E-state index contributed by atoms with van der Waals surface area (Å²) in [5.41, 5.74) is 18.5. The number of ether oxygens (including phenoxy) is 1. The predicted molar refractivity (Wildman–Crippen MR) is 284 cm³/mol. The van der Waals surface area contributed by atoms with Gasteiger partial charge in [-0.3, -0.25) is 0 Å². The molecule has 1 spiro atoms. The molecule has 1 aliphatic heterocycles. The zero-order valence-corrected chi connectivity index (χ0v) is 38.3. The van der Waals surface area contributed by atoms with Crippen molar-refractivity contribution in [3.8, 4) is 33.8 Å². The summed E-state index contributed by atoms with van der Waals surface area (Å²) in [5.74, 6) is 1.87. The second-order valence-electron chi connectivity index (χ2n) is 19.8. The predicted octanol–water partition coefficient (Wildman–Crippen LogP) is 17.2. The lowest BCUT2D eigenvalue weighted by atomic mass is 9.64. The molecule has 11 aromatic rings. The molecule has 2 heterocycles. The molecule has 10 aromatic carbocycles. The van der Waals surface area contributed by atoms with Crippen molar-refractivity contribution in [2.75, 3.05) is 4.90 Å². The first-order valence-electron chi connectivity index (χ1n) is 24.3. The standard InChI is InChI=1S/C66H45NO2/c1-65(2)53-24-10-7-19-48(53)49-36-35-44(39-58(49)65)67(43-33-29-42(30-34-43)45-22-13-23-51-50-20-9-12-28-60(50)68-62(45)51)59-27-14-26-55-61(59)52-21-8-11-25-54(52)66(55)56-37-31-40-15-3-5-17-46(40)63(56)69-64-47-18-6-4-16-41(47)32-38-57(64)66/h3-26,28-39,59H,27H2,1-2H3. The molecule has 69 heavy (non-hydrogen) atoms. The Morgan fingerprint density at radius 3 is 1.81 bits per heavy atom. The fourth-order valence-electron chi connectivity index (χ4n) is 13.0. The van der Waals surface area contributed by atoms with Crippen molar-refractivity contribution in [2.45, 2.75) is 37.1 Å². The largest absolute Gasteiger partial charge is 0.455 e. The molecule has 0 amide bonds. The molecule has 0 saturated heterocycles. The lowest BCUT2D eigenvalue weighted by Crippen LogP contribution is -2.36. The Morgan fingerprint density at radius 1 is 0.464 bits per heavy atom. The van der Waals surface area contributed by atoms with Gasteiger partial charge in [-0.15, -0.1) is 0 Å². The van der Waals surface area contributed by atoms with Crippen molar-refractivity contribution in [1.82, 2.24) is 0 Å². The molecular weight excluding hydrogens is 839 g/mol. The molecule has 326 valence electrons. The Labute approximate surface area is 400 Å². The number of anilines is 2. The average Bonchev–Trinajstić information content (AvgIpc) is 4.01. The molecule has 0 bridgehead atoms. The van der Waals surface area contributed by atoms with Gasteiger partial charge in [-0.25, -0.2) is 0 Å². The fraction of sp³-hybridized carbons (Fsp3) is 0.0909. The lowest BCUT2D eigenvalue weighted by Gasteiger charge is -2.42. The molecule has 15 rings (SSSR count). The Balaban J connectivity index is 0.978. The van der Waals surface area contributed by atoms with Gasteiger partial charge in [0.15, 0.2) is 0 Å². The highest BCUT2D eigenvalue weighted by Gasteiger charge is 2.54. The third-order valence-electron chi connectivity index (χ3n) is 16.1. The fourth-order valence-corrected chi connectivity index (χ4v) is 13.0. The Bertz CT molecular complexity index is 3980. The van der Waals surface area contributed by atoms with Gasteiger partial charge in [-0.1, -0.05) is 202 Å². The maximum Gasteiger partial charge on any atom is 0.143 e. The van der Waals surface area contributed by atoms with E-state index in [0.29, 0.717) is 0 Å². The van der Waals surface area contributed by atoms with Crippen LogP contribution in [0.2, 0.25) is 0 Å². The van der Waals surface area contributed by atoms with Crippen molar-refractivity contribution >= 4 is 60.4 Å². The number of hydrogen-bond donors (Lipinski definition) is 0. The number of hydrogen-bond acceptors (Lipinski definition) is 3. The van der Waals surface area contributed by atoms with E-state index in [1.54, 1.807) is 0 Å². The molecule has 0 fully saturated rings. The zero-order valence-electron chi connectivity index (χ0n) is 38.3. The second kappa shape index (κ2) is 14.1. The van der Waals surface area contributed by atoms with E-state index in [0.717, 1.165) is 67.4 Å². The van der Waals surface area contributed by atoms with Crippen molar-refractivity contribution in [3.05, 3.63) is 257 Å². The summed E-state index contributed by atoms with van der Waals surface area (Å²) in [6.45, 7) is 4.77. The first-order chi connectivity index (χ1) is 34.0. The van der Waals surface area contributed by atoms with Crippen LogP contribution in [-0.4, -0.2) is 6.04 Å². The van der Waals surface area contributed by atoms with E-state index in [2.05, 4.69) is 231 Å². The summed E-state index contributed by atoms with van der Waals surface area (Å²) in [7, 11) is 0. The monoisotopic (exact) mass is 883 g/mol. The molecule has 0 N–H and O–H groups in total.